The van der Waals surface area contributed by atoms with Crippen LogP contribution < -0.4 is 14.4 Å². The van der Waals surface area contributed by atoms with Crippen LogP contribution in [0.3, 0.4) is 0 Å². The van der Waals surface area contributed by atoms with Gasteiger partial charge in [0.25, 0.3) is 0 Å². The van der Waals surface area contributed by atoms with Crippen LogP contribution in [0.4, 0.5) is 10.1 Å². The number of rotatable bonds is 6. The lowest BCUT2D eigenvalue weighted by molar-refractivity contribution is 0.0887. The summed E-state index contributed by atoms with van der Waals surface area (Å²) in [5, 5.41) is 0. The van der Waals surface area contributed by atoms with E-state index in [1.54, 1.807) is 26.4 Å². The Bertz CT molecular complexity index is 799. The number of ether oxygens (including phenoxy) is 2. The molecule has 2 aromatic carbocycles. The Labute approximate surface area is 179 Å². The fraction of sp³-hybridized carbons (Fsp3) is 0.500. The van der Waals surface area contributed by atoms with Crippen molar-refractivity contribution in [2.24, 2.45) is 0 Å². The van der Waals surface area contributed by atoms with Gasteiger partial charge in [-0.25, -0.2) is 4.39 Å². The molecule has 4 rings (SSSR count). The van der Waals surface area contributed by atoms with E-state index >= 15 is 0 Å². The van der Waals surface area contributed by atoms with Crippen molar-refractivity contribution in [3.63, 3.8) is 0 Å². The van der Waals surface area contributed by atoms with Crippen LogP contribution in [0.15, 0.2) is 42.5 Å². The maximum Gasteiger partial charge on any atom is 0.123 e. The molecule has 0 spiro atoms. The number of anilines is 1. The molecule has 0 radical (unpaired) electrons. The molecule has 2 heterocycles. The molecule has 6 heteroatoms. The summed E-state index contributed by atoms with van der Waals surface area (Å²) < 4.78 is 24.0. The third-order valence-corrected chi connectivity index (χ3v) is 6.32. The summed E-state index contributed by atoms with van der Waals surface area (Å²) >= 11 is 0. The number of halogens is 1. The highest BCUT2D eigenvalue weighted by molar-refractivity contribution is 5.46. The maximum atomic E-state index is 13.2. The molecule has 2 aromatic rings. The van der Waals surface area contributed by atoms with Crippen molar-refractivity contribution >= 4 is 5.69 Å². The molecule has 0 N–H and O–H groups in total. The van der Waals surface area contributed by atoms with Crippen LogP contribution in [0.5, 0.6) is 11.5 Å². The fourth-order valence-corrected chi connectivity index (χ4v) is 4.69. The first-order valence-electron chi connectivity index (χ1n) is 10.8. The van der Waals surface area contributed by atoms with E-state index in [1.165, 1.54) is 18.4 Å². The van der Waals surface area contributed by atoms with Gasteiger partial charge in [-0.3, -0.25) is 9.80 Å². The minimum Gasteiger partial charge on any atom is -0.497 e. The first-order valence-corrected chi connectivity index (χ1v) is 10.8. The summed E-state index contributed by atoms with van der Waals surface area (Å²) in [5.74, 6) is 1.51. The molecule has 0 bridgehead atoms. The van der Waals surface area contributed by atoms with Crippen LogP contribution in [0.25, 0.3) is 0 Å². The fourth-order valence-electron chi connectivity index (χ4n) is 4.69. The lowest BCUT2D eigenvalue weighted by Crippen LogP contribution is -2.55. The Balaban J connectivity index is 1.33. The average molecular weight is 414 g/mol. The van der Waals surface area contributed by atoms with Gasteiger partial charge < -0.3 is 14.4 Å². The largest absolute Gasteiger partial charge is 0.497 e. The molecule has 1 atom stereocenters. The third kappa shape index (κ3) is 5.05. The molecular formula is C24H32FN3O2. The molecule has 0 saturated carbocycles. The van der Waals surface area contributed by atoms with Gasteiger partial charge in [-0.05, 0) is 61.3 Å². The van der Waals surface area contributed by atoms with E-state index in [0.717, 1.165) is 63.0 Å². The quantitative estimate of drug-likeness (QED) is 0.721. The van der Waals surface area contributed by atoms with Crippen molar-refractivity contribution < 1.29 is 13.9 Å². The summed E-state index contributed by atoms with van der Waals surface area (Å²) in [6.45, 7) is 7.25. The molecule has 2 saturated heterocycles. The second-order valence-corrected chi connectivity index (χ2v) is 8.25. The highest BCUT2D eigenvalue weighted by atomic mass is 19.1. The van der Waals surface area contributed by atoms with E-state index in [-0.39, 0.29) is 5.82 Å². The van der Waals surface area contributed by atoms with E-state index < -0.39 is 0 Å². The number of hydrogen-bond donors (Lipinski definition) is 0. The Morgan fingerprint density at radius 2 is 1.57 bits per heavy atom. The Hall–Kier alpha value is -2.31. The molecule has 2 aliphatic rings. The van der Waals surface area contributed by atoms with Crippen molar-refractivity contribution in [2.45, 2.75) is 25.4 Å². The van der Waals surface area contributed by atoms with Crippen molar-refractivity contribution in [1.82, 2.24) is 9.80 Å². The average Bonchev–Trinajstić information content (AvgIpc) is 2.79. The molecule has 0 aliphatic carbocycles. The zero-order valence-electron chi connectivity index (χ0n) is 18.0. The smallest absolute Gasteiger partial charge is 0.123 e. The normalized spacial score (nSPS) is 20.9. The molecule has 5 nitrogen and oxygen atoms in total. The maximum absolute atomic E-state index is 13.2. The summed E-state index contributed by atoms with van der Waals surface area (Å²) in [6, 6.07) is 13.6. The van der Waals surface area contributed by atoms with Crippen LogP contribution in [-0.4, -0.2) is 69.3 Å². The molecular weight excluding hydrogens is 381 g/mol. The predicted molar refractivity (Wildman–Crippen MR) is 118 cm³/mol. The highest BCUT2D eigenvalue weighted by Gasteiger charge is 2.28. The van der Waals surface area contributed by atoms with E-state index in [1.807, 2.05) is 18.2 Å². The number of likely N-dealkylation sites (tertiary alicyclic amines) is 1. The van der Waals surface area contributed by atoms with Crippen LogP contribution in [0.1, 0.15) is 18.4 Å². The summed E-state index contributed by atoms with van der Waals surface area (Å²) in [6.07, 6.45) is 2.48. The molecule has 162 valence electrons. The van der Waals surface area contributed by atoms with Crippen LogP contribution in [0, 0.1) is 5.82 Å². The van der Waals surface area contributed by atoms with Crippen LogP contribution in [-0.2, 0) is 6.54 Å². The van der Waals surface area contributed by atoms with Gasteiger partial charge in [-0.1, -0.05) is 0 Å². The zero-order chi connectivity index (χ0) is 20.9. The van der Waals surface area contributed by atoms with Gasteiger partial charge in [-0.2, -0.15) is 0 Å². The molecule has 0 amide bonds. The van der Waals surface area contributed by atoms with Crippen molar-refractivity contribution in [3.8, 4) is 11.5 Å². The Kier molecular flexibility index (Phi) is 6.75. The number of piperidine rings is 1. The lowest BCUT2D eigenvalue weighted by atomic mass is 10.0. The summed E-state index contributed by atoms with van der Waals surface area (Å²) in [7, 11) is 3.39. The molecule has 30 heavy (non-hydrogen) atoms. The van der Waals surface area contributed by atoms with E-state index in [9.17, 15) is 4.39 Å². The van der Waals surface area contributed by atoms with E-state index in [4.69, 9.17) is 9.47 Å². The number of hydrogen-bond acceptors (Lipinski definition) is 5. The van der Waals surface area contributed by atoms with Crippen molar-refractivity contribution in [3.05, 3.63) is 53.8 Å². The predicted octanol–water partition coefficient (Wildman–Crippen LogP) is 3.63. The van der Waals surface area contributed by atoms with Gasteiger partial charge in [0.05, 0.1) is 14.2 Å². The highest BCUT2D eigenvalue weighted by Crippen LogP contribution is 2.26. The molecule has 2 aliphatic heterocycles. The second kappa shape index (κ2) is 9.67. The van der Waals surface area contributed by atoms with Crippen LogP contribution in [0.2, 0.25) is 0 Å². The minimum absolute atomic E-state index is 0.173. The molecule has 0 aromatic heterocycles. The van der Waals surface area contributed by atoms with Gasteiger partial charge in [0.15, 0.2) is 0 Å². The van der Waals surface area contributed by atoms with Gasteiger partial charge in [-0.15, -0.1) is 0 Å². The standard InChI is InChI=1S/C24H32FN3O2/c1-29-23-14-19(15-24(16-23)30-2)17-26-9-3-4-22(18-26)28-12-10-27(11-13-28)21-7-5-20(25)6-8-21/h5-8,14-16,22H,3-4,9-13,17-18H2,1-2H3. The van der Waals surface area contributed by atoms with E-state index in [2.05, 4.69) is 26.8 Å². The SMILES string of the molecule is COc1cc(CN2CCCC(N3CCN(c4ccc(F)cc4)CC3)C2)cc(OC)c1. The van der Waals surface area contributed by atoms with Gasteiger partial charge >= 0.3 is 0 Å². The number of nitrogens with zero attached hydrogens (tertiary/aromatic N) is 3. The minimum atomic E-state index is -0.173. The van der Waals surface area contributed by atoms with Gasteiger partial charge in [0.1, 0.15) is 17.3 Å². The van der Waals surface area contributed by atoms with E-state index in [0.29, 0.717) is 6.04 Å². The van der Waals surface area contributed by atoms with Crippen LogP contribution >= 0.6 is 0 Å². The molecule has 2 fully saturated rings. The third-order valence-electron chi connectivity index (χ3n) is 6.32. The first kappa shape index (κ1) is 20.9. The zero-order valence-corrected chi connectivity index (χ0v) is 18.0. The summed E-state index contributed by atoms with van der Waals surface area (Å²) in [5.41, 5.74) is 2.35. The number of piperazine rings is 1. The Morgan fingerprint density at radius 1 is 0.900 bits per heavy atom. The monoisotopic (exact) mass is 413 g/mol. The second-order valence-electron chi connectivity index (χ2n) is 8.25. The molecule has 1 unspecified atom stereocenters. The Morgan fingerprint density at radius 3 is 2.20 bits per heavy atom. The lowest BCUT2D eigenvalue weighted by Gasteiger charge is -2.44. The van der Waals surface area contributed by atoms with Crippen molar-refractivity contribution in [2.75, 3.05) is 58.4 Å². The van der Waals surface area contributed by atoms with Gasteiger partial charge in [0, 0.05) is 57.1 Å². The van der Waals surface area contributed by atoms with Gasteiger partial charge in [0.2, 0.25) is 0 Å². The summed E-state index contributed by atoms with van der Waals surface area (Å²) in [4.78, 5) is 7.55. The topological polar surface area (TPSA) is 28.2 Å². The number of methoxy groups -OCH3 is 2. The first-order chi connectivity index (χ1) is 14.6. The van der Waals surface area contributed by atoms with Crippen molar-refractivity contribution in [1.29, 1.82) is 0 Å². The number of benzene rings is 2.